The normalized spacial score (nSPS) is 15.2. The molecule has 1 saturated heterocycles. The number of benzene rings is 1. The van der Waals surface area contributed by atoms with Gasteiger partial charge in [-0.25, -0.2) is 4.79 Å². The second-order valence-electron chi connectivity index (χ2n) is 6.08. The van der Waals surface area contributed by atoms with Crippen molar-refractivity contribution in [3.05, 3.63) is 28.8 Å². The van der Waals surface area contributed by atoms with Crippen molar-refractivity contribution in [2.45, 2.75) is 26.3 Å². The number of halogens is 1. The highest BCUT2D eigenvalue weighted by Crippen LogP contribution is 2.24. The second kappa shape index (κ2) is 8.24. The molecule has 3 amide bonds. The lowest BCUT2D eigenvalue weighted by Crippen LogP contribution is -2.44. The molecule has 0 aliphatic carbocycles. The van der Waals surface area contributed by atoms with Gasteiger partial charge < -0.3 is 19.9 Å². The topological polar surface area (TPSA) is 61.9 Å². The van der Waals surface area contributed by atoms with E-state index in [1.165, 1.54) is 0 Å². The number of carbonyl (C=O) groups is 2. The Hall–Kier alpha value is -1.95. The molecule has 24 heavy (non-hydrogen) atoms. The fraction of sp³-hybridized carbons (Fsp3) is 0.529. The summed E-state index contributed by atoms with van der Waals surface area (Å²) in [7, 11) is 1.55. The van der Waals surface area contributed by atoms with Crippen LogP contribution in [0.25, 0.3) is 0 Å². The molecule has 0 aromatic heterocycles. The van der Waals surface area contributed by atoms with Crippen LogP contribution in [0.3, 0.4) is 0 Å². The van der Waals surface area contributed by atoms with E-state index < -0.39 is 0 Å². The zero-order valence-corrected chi connectivity index (χ0v) is 15.1. The largest absolute Gasteiger partial charge is 0.497 e. The van der Waals surface area contributed by atoms with E-state index in [2.05, 4.69) is 5.32 Å². The quantitative estimate of drug-likeness (QED) is 0.908. The Morgan fingerprint density at radius 2 is 1.83 bits per heavy atom. The highest BCUT2D eigenvalue weighted by atomic mass is 35.5. The standard InChI is InChI=1S/C17H24ClN3O3/c1-12(2)19-17(23)21-8-4-7-20(9-10-21)16(22)14-6-5-13(24-3)11-15(14)18/h5-6,11-12H,4,7-10H2,1-3H3,(H,19,23). The smallest absolute Gasteiger partial charge is 0.317 e. The summed E-state index contributed by atoms with van der Waals surface area (Å²) in [5.74, 6) is 0.498. The zero-order chi connectivity index (χ0) is 17.7. The Balaban J connectivity index is 2.03. The highest BCUT2D eigenvalue weighted by molar-refractivity contribution is 6.34. The van der Waals surface area contributed by atoms with Crippen LogP contribution in [-0.2, 0) is 0 Å². The van der Waals surface area contributed by atoms with Gasteiger partial charge in [-0.05, 0) is 38.5 Å². The Labute approximate surface area is 147 Å². The van der Waals surface area contributed by atoms with E-state index in [1.54, 1.807) is 35.1 Å². The number of nitrogens with one attached hydrogen (secondary N) is 1. The molecule has 0 unspecified atom stereocenters. The SMILES string of the molecule is COc1ccc(C(=O)N2CCCN(C(=O)NC(C)C)CC2)c(Cl)c1. The first-order valence-corrected chi connectivity index (χ1v) is 8.48. The van der Waals surface area contributed by atoms with Crippen LogP contribution >= 0.6 is 11.6 Å². The summed E-state index contributed by atoms with van der Waals surface area (Å²) >= 11 is 6.20. The van der Waals surface area contributed by atoms with Gasteiger partial charge in [0.15, 0.2) is 0 Å². The van der Waals surface area contributed by atoms with Crippen LogP contribution in [0.2, 0.25) is 5.02 Å². The van der Waals surface area contributed by atoms with Crippen molar-refractivity contribution in [3.63, 3.8) is 0 Å². The third-order valence-corrected chi connectivity index (χ3v) is 4.20. The van der Waals surface area contributed by atoms with Crippen molar-refractivity contribution in [3.8, 4) is 5.75 Å². The van der Waals surface area contributed by atoms with Gasteiger partial charge in [-0.1, -0.05) is 11.6 Å². The molecular weight excluding hydrogens is 330 g/mol. The average molecular weight is 354 g/mol. The second-order valence-corrected chi connectivity index (χ2v) is 6.49. The van der Waals surface area contributed by atoms with Crippen LogP contribution in [0.5, 0.6) is 5.75 Å². The van der Waals surface area contributed by atoms with E-state index in [0.29, 0.717) is 42.5 Å². The minimum Gasteiger partial charge on any atom is -0.497 e. The molecule has 1 fully saturated rings. The number of hydrogen-bond acceptors (Lipinski definition) is 3. The van der Waals surface area contributed by atoms with Gasteiger partial charge in [0.25, 0.3) is 5.91 Å². The molecule has 0 radical (unpaired) electrons. The first-order chi connectivity index (χ1) is 11.4. The molecule has 1 N–H and O–H groups in total. The van der Waals surface area contributed by atoms with Crippen molar-refractivity contribution < 1.29 is 14.3 Å². The van der Waals surface area contributed by atoms with Crippen molar-refractivity contribution in [2.24, 2.45) is 0 Å². The van der Waals surface area contributed by atoms with E-state index in [0.717, 1.165) is 6.42 Å². The maximum atomic E-state index is 12.7. The van der Waals surface area contributed by atoms with E-state index >= 15 is 0 Å². The number of methoxy groups -OCH3 is 1. The molecule has 1 aliphatic heterocycles. The number of carbonyl (C=O) groups excluding carboxylic acids is 2. The van der Waals surface area contributed by atoms with Crippen LogP contribution in [0.1, 0.15) is 30.6 Å². The summed E-state index contributed by atoms with van der Waals surface area (Å²) in [5, 5.41) is 3.26. The molecule has 0 saturated carbocycles. The lowest BCUT2D eigenvalue weighted by atomic mass is 10.2. The maximum Gasteiger partial charge on any atom is 0.317 e. The molecule has 0 atom stereocenters. The highest BCUT2D eigenvalue weighted by Gasteiger charge is 2.24. The van der Waals surface area contributed by atoms with Gasteiger partial charge in [0, 0.05) is 32.2 Å². The van der Waals surface area contributed by atoms with Crippen LogP contribution in [-0.4, -0.2) is 61.1 Å². The van der Waals surface area contributed by atoms with Gasteiger partial charge in [-0.15, -0.1) is 0 Å². The van der Waals surface area contributed by atoms with Gasteiger partial charge in [0.2, 0.25) is 0 Å². The van der Waals surface area contributed by atoms with Crippen LogP contribution in [0, 0.1) is 0 Å². The molecule has 1 heterocycles. The Morgan fingerprint density at radius 1 is 1.17 bits per heavy atom. The predicted molar refractivity (Wildman–Crippen MR) is 93.8 cm³/mol. The number of amides is 3. The van der Waals surface area contributed by atoms with Crippen LogP contribution < -0.4 is 10.1 Å². The first-order valence-electron chi connectivity index (χ1n) is 8.10. The molecule has 0 bridgehead atoms. The fourth-order valence-corrected chi connectivity index (χ4v) is 2.88. The summed E-state index contributed by atoms with van der Waals surface area (Å²) < 4.78 is 5.11. The summed E-state index contributed by atoms with van der Waals surface area (Å²) in [5.41, 5.74) is 0.456. The number of hydrogen-bond donors (Lipinski definition) is 1. The molecular formula is C17H24ClN3O3. The average Bonchev–Trinajstić information content (AvgIpc) is 2.79. The number of urea groups is 1. The van der Waals surface area contributed by atoms with Crippen molar-refractivity contribution in [1.29, 1.82) is 0 Å². The van der Waals surface area contributed by atoms with E-state index in [-0.39, 0.29) is 18.0 Å². The third-order valence-electron chi connectivity index (χ3n) is 3.89. The van der Waals surface area contributed by atoms with Gasteiger partial charge in [-0.3, -0.25) is 4.79 Å². The molecule has 2 rings (SSSR count). The molecule has 1 aromatic carbocycles. The maximum absolute atomic E-state index is 12.7. The Bertz CT molecular complexity index is 607. The Morgan fingerprint density at radius 3 is 2.46 bits per heavy atom. The number of nitrogens with zero attached hydrogens (tertiary/aromatic N) is 2. The van der Waals surface area contributed by atoms with Gasteiger partial charge in [-0.2, -0.15) is 0 Å². The van der Waals surface area contributed by atoms with E-state index in [4.69, 9.17) is 16.3 Å². The van der Waals surface area contributed by atoms with E-state index in [9.17, 15) is 9.59 Å². The molecule has 7 heteroatoms. The third kappa shape index (κ3) is 4.54. The fourth-order valence-electron chi connectivity index (χ4n) is 2.63. The lowest BCUT2D eigenvalue weighted by Gasteiger charge is -2.23. The first kappa shape index (κ1) is 18.4. The van der Waals surface area contributed by atoms with Crippen molar-refractivity contribution in [1.82, 2.24) is 15.1 Å². The van der Waals surface area contributed by atoms with Crippen LogP contribution in [0.15, 0.2) is 18.2 Å². The minimum atomic E-state index is -0.117. The predicted octanol–water partition coefficient (Wildman–Crippen LogP) is 2.61. The van der Waals surface area contributed by atoms with Crippen molar-refractivity contribution >= 4 is 23.5 Å². The number of rotatable bonds is 3. The molecule has 0 spiro atoms. The summed E-state index contributed by atoms with van der Waals surface area (Å²) in [6.07, 6.45) is 0.741. The summed E-state index contributed by atoms with van der Waals surface area (Å²) in [6.45, 7) is 6.10. The van der Waals surface area contributed by atoms with Gasteiger partial charge >= 0.3 is 6.03 Å². The van der Waals surface area contributed by atoms with Gasteiger partial charge in [0.1, 0.15) is 5.75 Å². The number of ether oxygens (including phenoxy) is 1. The van der Waals surface area contributed by atoms with Crippen molar-refractivity contribution in [2.75, 3.05) is 33.3 Å². The molecule has 132 valence electrons. The zero-order valence-electron chi connectivity index (χ0n) is 14.3. The summed E-state index contributed by atoms with van der Waals surface area (Å²) in [6, 6.07) is 5.05. The molecule has 1 aromatic rings. The van der Waals surface area contributed by atoms with E-state index in [1.807, 2.05) is 13.8 Å². The molecule has 1 aliphatic rings. The molecule has 6 nitrogen and oxygen atoms in total. The monoisotopic (exact) mass is 353 g/mol. The Kier molecular flexibility index (Phi) is 6.31. The summed E-state index contributed by atoms with van der Waals surface area (Å²) in [4.78, 5) is 28.3. The lowest BCUT2D eigenvalue weighted by molar-refractivity contribution is 0.0762. The van der Waals surface area contributed by atoms with Crippen LogP contribution in [0.4, 0.5) is 4.79 Å². The minimum absolute atomic E-state index is 0.0817. The van der Waals surface area contributed by atoms with Gasteiger partial charge in [0.05, 0.1) is 17.7 Å².